The molecule has 2 amide bonds. The van der Waals surface area contributed by atoms with E-state index < -0.39 is 0 Å². The van der Waals surface area contributed by atoms with Gasteiger partial charge in [-0.25, -0.2) is 4.98 Å². The van der Waals surface area contributed by atoms with Gasteiger partial charge in [0, 0.05) is 33.1 Å². The van der Waals surface area contributed by atoms with Gasteiger partial charge < -0.3 is 19.3 Å². The minimum absolute atomic E-state index is 0.00104. The van der Waals surface area contributed by atoms with Gasteiger partial charge in [0.25, 0.3) is 0 Å². The maximum Gasteiger partial charge on any atom is 0.232 e. The van der Waals surface area contributed by atoms with Crippen molar-refractivity contribution in [3.8, 4) is 11.5 Å². The summed E-state index contributed by atoms with van der Waals surface area (Å²) in [6, 6.07) is 16.5. The Hall–Kier alpha value is -4.07. The summed E-state index contributed by atoms with van der Waals surface area (Å²) in [6.45, 7) is 7.07. The third-order valence-corrected chi connectivity index (χ3v) is 8.94. The highest BCUT2D eigenvalue weighted by molar-refractivity contribution is 5.98. The lowest BCUT2D eigenvalue weighted by atomic mass is 9.86. The summed E-state index contributed by atoms with van der Waals surface area (Å²) >= 11 is 0. The van der Waals surface area contributed by atoms with Crippen molar-refractivity contribution in [2.75, 3.05) is 37.5 Å². The molecule has 8 nitrogen and oxygen atoms in total. The Morgan fingerprint density at radius 1 is 0.911 bits per heavy atom. The fraction of sp³-hybridized carbons (Fsp3) is 0.486. The van der Waals surface area contributed by atoms with Gasteiger partial charge in [0.15, 0.2) is 11.5 Å². The summed E-state index contributed by atoms with van der Waals surface area (Å²) in [5.41, 5.74) is 4.96. The molecule has 3 aliphatic rings. The van der Waals surface area contributed by atoms with Crippen LogP contribution in [0.2, 0.25) is 0 Å². The number of ether oxygens (including phenoxy) is 2. The van der Waals surface area contributed by atoms with Crippen LogP contribution < -0.4 is 19.3 Å². The van der Waals surface area contributed by atoms with Crippen LogP contribution in [0, 0.1) is 6.92 Å². The number of amides is 2. The number of likely N-dealkylation sites (tertiary alicyclic amines) is 1. The molecule has 1 atom stereocenters. The van der Waals surface area contributed by atoms with E-state index in [1.165, 1.54) is 37.7 Å². The van der Waals surface area contributed by atoms with E-state index >= 15 is 0 Å². The van der Waals surface area contributed by atoms with Crippen LogP contribution in [-0.4, -0.2) is 61.6 Å². The highest BCUT2D eigenvalue weighted by Gasteiger charge is 2.36. The van der Waals surface area contributed by atoms with Gasteiger partial charge >= 0.3 is 0 Å². The number of carbonyl (C=O) groups excluding carboxylic acids is 2. The zero-order valence-corrected chi connectivity index (χ0v) is 27.7. The van der Waals surface area contributed by atoms with E-state index in [9.17, 15) is 9.59 Å². The second-order valence-electron chi connectivity index (χ2n) is 12.9. The molecule has 45 heavy (non-hydrogen) atoms. The van der Waals surface area contributed by atoms with E-state index in [2.05, 4.69) is 41.1 Å². The monoisotopic (exact) mass is 612 g/mol. The Balaban J connectivity index is 0.000000277. The predicted molar refractivity (Wildman–Crippen MR) is 179 cm³/mol. The number of nitrogens with zero attached hydrogens (tertiary/aromatic N) is 4. The quantitative estimate of drug-likeness (QED) is 0.290. The Kier molecular flexibility index (Phi) is 10.3. The second-order valence-corrected chi connectivity index (χ2v) is 12.9. The van der Waals surface area contributed by atoms with Crippen molar-refractivity contribution in [2.24, 2.45) is 0 Å². The summed E-state index contributed by atoms with van der Waals surface area (Å²) in [5, 5.41) is 0. The van der Waals surface area contributed by atoms with Gasteiger partial charge in [0.1, 0.15) is 5.82 Å². The molecular formula is C37H48N4O4. The van der Waals surface area contributed by atoms with Crippen molar-refractivity contribution < 1.29 is 19.1 Å². The van der Waals surface area contributed by atoms with E-state index in [4.69, 9.17) is 9.47 Å². The summed E-state index contributed by atoms with van der Waals surface area (Å²) in [6.07, 6.45) is 10.5. The molecule has 3 aromatic rings. The third kappa shape index (κ3) is 7.43. The summed E-state index contributed by atoms with van der Waals surface area (Å²) < 4.78 is 11.7. The molecule has 2 aliphatic heterocycles. The van der Waals surface area contributed by atoms with Gasteiger partial charge in [0.2, 0.25) is 11.8 Å². The number of aryl methyl sites for hydroxylation is 1. The summed E-state index contributed by atoms with van der Waals surface area (Å²) in [4.78, 5) is 35.4. The Labute approximate surface area is 268 Å². The van der Waals surface area contributed by atoms with Gasteiger partial charge in [-0.15, -0.1) is 0 Å². The van der Waals surface area contributed by atoms with Crippen molar-refractivity contribution in [1.29, 1.82) is 0 Å². The molecule has 3 heterocycles. The van der Waals surface area contributed by atoms with Crippen molar-refractivity contribution >= 4 is 23.3 Å². The number of rotatable bonds is 7. The van der Waals surface area contributed by atoms with E-state index in [-0.39, 0.29) is 24.5 Å². The highest BCUT2D eigenvalue weighted by Crippen LogP contribution is 2.43. The molecule has 6 rings (SSSR count). The van der Waals surface area contributed by atoms with Crippen molar-refractivity contribution in [3.63, 3.8) is 0 Å². The largest absolute Gasteiger partial charge is 0.493 e. The van der Waals surface area contributed by atoms with E-state index in [0.717, 1.165) is 47.6 Å². The number of anilines is 2. The lowest BCUT2D eigenvalue weighted by Gasteiger charge is -2.38. The first-order valence-corrected chi connectivity index (χ1v) is 16.3. The second kappa shape index (κ2) is 14.4. The average Bonchev–Trinajstić information content (AvgIpc) is 3.47. The Morgan fingerprint density at radius 3 is 2.22 bits per heavy atom. The van der Waals surface area contributed by atoms with Crippen LogP contribution in [0.5, 0.6) is 11.5 Å². The van der Waals surface area contributed by atoms with Crippen LogP contribution in [0.25, 0.3) is 0 Å². The van der Waals surface area contributed by atoms with Gasteiger partial charge in [-0.05, 0) is 81.0 Å². The molecule has 2 fully saturated rings. The fourth-order valence-corrected chi connectivity index (χ4v) is 6.67. The fourth-order valence-electron chi connectivity index (χ4n) is 6.67. The van der Waals surface area contributed by atoms with Crippen molar-refractivity contribution in [3.05, 3.63) is 77.0 Å². The minimum atomic E-state index is -0.297. The maximum atomic E-state index is 13.5. The topological polar surface area (TPSA) is 75.2 Å². The number of hydrogen-bond donors (Lipinski definition) is 0. The lowest BCUT2D eigenvalue weighted by molar-refractivity contribution is -0.130. The van der Waals surface area contributed by atoms with Crippen molar-refractivity contribution in [1.82, 2.24) is 9.88 Å². The molecule has 1 saturated heterocycles. The highest BCUT2D eigenvalue weighted by atomic mass is 16.5. The first-order valence-electron chi connectivity index (χ1n) is 16.3. The first-order chi connectivity index (χ1) is 21.7. The molecule has 1 saturated carbocycles. The predicted octanol–water partition coefficient (Wildman–Crippen LogP) is 6.87. The van der Waals surface area contributed by atoms with E-state index in [1.807, 2.05) is 62.0 Å². The number of methoxy groups -OCH3 is 1. The lowest BCUT2D eigenvalue weighted by Crippen LogP contribution is -2.41. The van der Waals surface area contributed by atoms with Gasteiger partial charge in [-0.1, -0.05) is 49.1 Å². The summed E-state index contributed by atoms with van der Waals surface area (Å²) in [5.74, 6) is 2.59. The number of aromatic nitrogens is 1. The van der Waals surface area contributed by atoms with Gasteiger partial charge in [0.05, 0.1) is 37.6 Å². The van der Waals surface area contributed by atoms with Crippen LogP contribution in [0.15, 0.2) is 54.7 Å². The molecular weight excluding hydrogens is 564 g/mol. The molecule has 0 N–H and O–H groups in total. The van der Waals surface area contributed by atoms with Crippen LogP contribution in [0.3, 0.4) is 0 Å². The molecule has 0 radical (unpaired) electrons. The minimum Gasteiger partial charge on any atom is -0.493 e. The van der Waals surface area contributed by atoms with E-state index in [0.29, 0.717) is 23.4 Å². The Bertz CT molecular complexity index is 1460. The number of carbonyl (C=O) groups is 2. The van der Waals surface area contributed by atoms with Gasteiger partial charge in [-0.2, -0.15) is 0 Å². The van der Waals surface area contributed by atoms with Crippen molar-refractivity contribution in [2.45, 2.75) is 90.3 Å². The molecule has 1 aromatic heterocycles. The van der Waals surface area contributed by atoms with Crippen LogP contribution >= 0.6 is 0 Å². The molecule has 240 valence electrons. The number of fused-ring (bicyclic) bond motifs is 1. The molecule has 0 bridgehead atoms. The Morgan fingerprint density at radius 2 is 1.64 bits per heavy atom. The summed E-state index contributed by atoms with van der Waals surface area (Å²) in [7, 11) is 5.52. The SMILES string of the molecule is COc1cc2c(cc1OC(C)C)C(c1ccc(C)cc1)N(c1ccc(N(C)C)nc1)C(=O)C2.O=C1CCCN1C1CCCCC1. The van der Waals surface area contributed by atoms with E-state index in [1.54, 1.807) is 13.3 Å². The van der Waals surface area contributed by atoms with Crippen LogP contribution in [-0.2, 0) is 16.0 Å². The molecule has 1 unspecified atom stereocenters. The van der Waals surface area contributed by atoms with Crippen LogP contribution in [0.1, 0.15) is 87.1 Å². The maximum absolute atomic E-state index is 13.5. The first kappa shape index (κ1) is 32.3. The number of benzene rings is 2. The zero-order valence-electron chi connectivity index (χ0n) is 27.7. The molecule has 8 heteroatoms. The zero-order chi connectivity index (χ0) is 32.1. The smallest absolute Gasteiger partial charge is 0.232 e. The average molecular weight is 613 g/mol. The molecule has 1 aliphatic carbocycles. The molecule has 0 spiro atoms. The number of pyridine rings is 1. The van der Waals surface area contributed by atoms with Crippen LogP contribution in [0.4, 0.5) is 11.5 Å². The normalized spacial score (nSPS) is 18.4. The molecule has 2 aromatic carbocycles. The number of hydrogen-bond acceptors (Lipinski definition) is 6. The third-order valence-electron chi connectivity index (χ3n) is 8.94. The standard InChI is InChI=1S/C27H31N3O3.C10H17NO/c1-17(2)33-24-15-22-20(13-23(24)32-6)14-26(31)30(21-11-12-25(28-16-21)29(4)5)27(22)19-9-7-18(3)8-10-19;12-10-7-4-8-11(10)9-5-2-1-3-6-9/h7-13,15-17,27H,14H2,1-6H3;9H,1-8H2. The van der Waals surface area contributed by atoms with Gasteiger partial charge in [-0.3, -0.25) is 14.5 Å².